The molecule has 1 heteroatoms. The van der Waals surface area contributed by atoms with Crippen LogP contribution in [0.25, 0.3) is 0 Å². The minimum atomic E-state index is 0.757. The first-order chi connectivity index (χ1) is 7.54. The van der Waals surface area contributed by atoms with Crippen molar-refractivity contribution in [3.05, 3.63) is 34.4 Å². The highest BCUT2D eigenvalue weighted by Gasteiger charge is 2.08. The van der Waals surface area contributed by atoms with Crippen molar-refractivity contribution >= 4 is 0 Å². The molecule has 0 aliphatic heterocycles. The molecule has 0 heterocycles. The van der Waals surface area contributed by atoms with E-state index >= 15 is 0 Å². The minimum absolute atomic E-state index is 0.757. The number of hydrogen-bond donors (Lipinski definition) is 1. The Morgan fingerprint density at radius 1 is 1.12 bits per heavy atom. The van der Waals surface area contributed by atoms with Gasteiger partial charge in [-0.3, -0.25) is 0 Å². The predicted molar refractivity (Wildman–Crippen MR) is 72.1 cm³/mol. The van der Waals surface area contributed by atoms with E-state index < -0.39 is 0 Å². The monoisotopic (exact) mass is 219 g/mol. The predicted octanol–water partition coefficient (Wildman–Crippen LogP) is 3.40. The smallest absolute Gasteiger partial charge is 0.00493 e. The fourth-order valence-corrected chi connectivity index (χ4v) is 2.37. The summed E-state index contributed by atoms with van der Waals surface area (Å²) in [6.45, 7) is 10.1. The van der Waals surface area contributed by atoms with Crippen LogP contribution in [0.5, 0.6) is 0 Å². The largest absolute Gasteiger partial charge is 0.320 e. The molecule has 1 N–H and O–H groups in total. The Hall–Kier alpha value is -0.820. The molecule has 16 heavy (non-hydrogen) atoms. The Balaban J connectivity index is 2.73. The van der Waals surface area contributed by atoms with Crippen molar-refractivity contribution in [3.63, 3.8) is 0 Å². The molecule has 0 fully saturated rings. The maximum absolute atomic E-state index is 3.22. The lowest BCUT2D eigenvalue weighted by Crippen LogP contribution is -2.13. The SMILES string of the molecule is CNCCC(C)Cc1c(C)cc(C)cc1C. The van der Waals surface area contributed by atoms with Gasteiger partial charge in [-0.2, -0.15) is 0 Å². The van der Waals surface area contributed by atoms with E-state index in [2.05, 4.69) is 45.1 Å². The Labute approximate surface area is 100 Å². The fraction of sp³-hybridized carbons (Fsp3) is 0.600. The molecular formula is C15H25N. The number of benzene rings is 1. The zero-order valence-electron chi connectivity index (χ0n) is 11.4. The first-order valence-electron chi connectivity index (χ1n) is 6.26. The summed E-state index contributed by atoms with van der Waals surface area (Å²) < 4.78 is 0. The van der Waals surface area contributed by atoms with Crippen molar-refractivity contribution in [3.8, 4) is 0 Å². The van der Waals surface area contributed by atoms with E-state index in [4.69, 9.17) is 0 Å². The van der Waals surface area contributed by atoms with Gasteiger partial charge >= 0.3 is 0 Å². The normalized spacial score (nSPS) is 12.8. The summed E-state index contributed by atoms with van der Waals surface area (Å²) in [6, 6.07) is 4.60. The Bertz CT molecular complexity index is 318. The molecule has 0 radical (unpaired) electrons. The lowest BCUT2D eigenvalue weighted by Gasteiger charge is -2.16. The topological polar surface area (TPSA) is 12.0 Å². The van der Waals surface area contributed by atoms with Gasteiger partial charge < -0.3 is 5.32 Å². The van der Waals surface area contributed by atoms with E-state index in [0.717, 1.165) is 12.5 Å². The van der Waals surface area contributed by atoms with E-state index in [-0.39, 0.29) is 0 Å². The Kier molecular flexibility index (Phi) is 5.01. The second kappa shape index (κ2) is 6.05. The maximum atomic E-state index is 3.22. The van der Waals surface area contributed by atoms with Crippen molar-refractivity contribution in [1.82, 2.24) is 5.32 Å². The van der Waals surface area contributed by atoms with Crippen LogP contribution in [-0.2, 0) is 6.42 Å². The van der Waals surface area contributed by atoms with Crippen molar-refractivity contribution in [2.75, 3.05) is 13.6 Å². The zero-order chi connectivity index (χ0) is 12.1. The first-order valence-corrected chi connectivity index (χ1v) is 6.26. The van der Waals surface area contributed by atoms with Crippen LogP contribution in [0.2, 0.25) is 0 Å². The Morgan fingerprint density at radius 2 is 1.69 bits per heavy atom. The molecule has 1 rings (SSSR count). The van der Waals surface area contributed by atoms with Crippen LogP contribution in [-0.4, -0.2) is 13.6 Å². The maximum Gasteiger partial charge on any atom is -0.00493 e. The van der Waals surface area contributed by atoms with Gasteiger partial charge in [-0.25, -0.2) is 0 Å². The van der Waals surface area contributed by atoms with E-state index in [1.165, 1.54) is 29.5 Å². The van der Waals surface area contributed by atoms with Gasteiger partial charge in [0.1, 0.15) is 0 Å². The summed E-state index contributed by atoms with van der Waals surface area (Å²) >= 11 is 0. The van der Waals surface area contributed by atoms with Crippen LogP contribution in [0.15, 0.2) is 12.1 Å². The molecule has 90 valence electrons. The third-order valence-corrected chi connectivity index (χ3v) is 3.28. The fourth-order valence-electron chi connectivity index (χ4n) is 2.37. The van der Waals surface area contributed by atoms with Crippen molar-refractivity contribution in [2.45, 2.75) is 40.5 Å². The van der Waals surface area contributed by atoms with Gasteiger partial charge in [0.2, 0.25) is 0 Å². The number of hydrogen-bond acceptors (Lipinski definition) is 1. The molecule has 0 aromatic heterocycles. The first kappa shape index (κ1) is 13.2. The summed E-state index contributed by atoms with van der Waals surface area (Å²) in [5, 5.41) is 3.22. The molecule has 0 aliphatic rings. The van der Waals surface area contributed by atoms with Crippen LogP contribution in [0, 0.1) is 26.7 Å². The molecule has 0 spiro atoms. The molecule has 0 saturated heterocycles. The van der Waals surface area contributed by atoms with Crippen LogP contribution < -0.4 is 5.32 Å². The highest BCUT2D eigenvalue weighted by atomic mass is 14.8. The average Bonchev–Trinajstić information content (AvgIpc) is 2.20. The summed E-state index contributed by atoms with van der Waals surface area (Å²) in [7, 11) is 2.02. The molecule has 1 aromatic rings. The molecule has 0 bridgehead atoms. The highest BCUT2D eigenvalue weighted by Crippen LogP contribution is 2.21. The van der Waals surface area contributed by atoms with E-state index in [1.807, 2.05) is 7.05 Å². The zero-order valence-corrected chi connectivity index (χ0v) is 11.4. The second-order valence-electron chi connectivity index (χ2n) is 5.08. The minimum Gasteiger partial charge on any atom is -0.320 e. The van der Waals surface area contributed by atoms with Crippen LogP contribution in [0.4, 0.5) is 0 Å². The second-order valence-corrected chi connectivity index (χ2v) is 5.08. The van der Waals surface area contributed by atoms with E-state index in [1.54, 1.807) is 5.56 Å². The van der Waals surface area contributed by atoms with Crippen molar-refractivity contribution in [1.29, 1.82) is 0 Å². The van der Waals surface area contributed by atoms with Gasteiger partial charge in [0, 0.05) is 0 Å². The molecule has 1 aromatic carbocycles. The van der Waals surface area contributed by atoms with Crippen LogP contribution in [0.3, 0.4) is 0 Å². The lowest BCUT2D eigenvalue weighted by atomic mass is 9.91. The number of rotatable bonds is 5. The van der Waals surface area contributed by atoms with E-state index in [9.17, 15) is 0 Å². The summed E-state index contributed by atoms with van der Waals surface area (Å²) in [4.78, 5) is 0. The molecule has 0 saturated carbocycles. The standard InChI is InChI=1S/C15H25N/c1-11(6-7-16-5)10-15-13(3)8-12(2)9-14(15)4/h8-9,11,16H,6-7,10H2,1-5H3. The summed E-state index contributed by atoms with van der Waals surface area (Å²) in [5.41, 5.74) is 5.83. The molecule has 0 aliphatic carbocycles. The van der Waals surface area contributed by atoms with Crippen molar-refractivity contribution < 1.29 is 0 Å². The molecule has 1 nitrogen and oxygen atoms in total. The molecule has 1 unspecified atom stereocenters. The van der Waals surface area contributed by atoms with Gasteiger partial charge in [0.25, 0.3) is 0 Å². The molecular weight excluding hydrogens is 194 g/mol. The average molecular weight is 219 g/mol. The van der Waals surface area contributed by atoms with Crippen LogP contribution in [0.1, 0.15) is 35.6 Å². The number of aryl methyl sites for hydroxylation is 3. The third kappa shape index (κ3) is 3.64. The summed E-state index contributed by atoms with van der Waals surface area (Å²) in [6.07, 6.45) is 2.46. The third-order valence-electron chi connectivity index (χ3n) is 3.28. The van der Waals surface area contributed by atoms with Crippen LogP contribution >= 0.6 is 0 Å². The van der Waals surface area contributed by atoms with Gasteiger partial charge in [0.15, 0.2) is 0 Å². The van der Waals surface area contributed by atoms with Crippen molar-refractivity contribution in [2.24, 2.45) is 5.92 Å². The molecule has 0 amide bonds. The van der Waals surface area contributed by atoms with E-state index in [0.29, 0.717) is 0 Å². The highest BCUT2D eigenvalue weighted by molar-refractivity contribution is 5.37. The Morgan fingerprint density at radius 3 is 2.19 bits per heavy atom. The molecule has 1 atom stereocenters. The van der Waals surface area contributed by atoms with Gasteiger partial charge in [-0.05, 0) is 69.8 Å². The summed E-state index contributed by atoms with van der Waals surface area (Å²) in [5.74, 6) is 0.757. The van der Waals surface area contributed by atoms with Gasteiger partial charge in [0.05, 0.1) is 0 Å². The quantitative estimate of drug-likeness (QED) is 0.800. The number of nitrogens with one attached hydrogen (secondary N) is 1. The van der Waals surface area contributed by atoms with Gasteiger partial charge in [-0.1, -0.05) is 24.6 Å². The lowest BCUT2D eigenvalue weighted by molar-refractivity contribution is 0.513. The van der Waals surface area contributed by atoms with Gasteiger partial charge in [-0.15, -0.1) is 0 Å².